The van der Waals surface area contributed by atoms with Gasteiger partial charge in [-0.15, -0.1) is 0 Å². The molecule has 1 amide bonds. The van der Waals surface area contributed by atoms with Crippen LogP contribution < -0.4 is 0 Å². The highest BCUT2D eigenvalue weighted by atomic mass is 16.5. The third-order valence-electron chi connectivity index (χ3n) is 4.01. The Labute approximate surface area is 107 Å². The van der Waals surface area contributed by atoms with Gasteiger partial charge < -0.3 is 14.7 Å². The van der Waals surface area contributed by atoms with Gasteiger partial charge >= 0.3 is 5.97 Å². The number of hydrogen-bond acceptors (Lipinski definition) is 3. The number of likely N-dealkylation sites (tertiary alicyclic amines) is 1. The van der Waals surface area contributed by atoms with E-state index in [1.54, 1.807) is 4.90 Å². The van der Waals surface area contributed by atoms with Crippen LogP contribution in [-0.4, -0.2) is 47.2 Å². The molecule has 3 unspecified atom stereocenters. The van der Waals surface area contributed by atoms with Crippen LogP contribution in [0.2, 0.25) is 0 Å². The number of rotatable bonds is 3. The Morgan fingerprint density at radius 1 is 1.33 bits per heavy atom. The molecule has 2 fully saturated rings. The molecule has 0 aliphatic carbocycles. The van der Waals surface area contributed by atoms with E-state index >= 15 is 0 Å². The van der Waals surface area contributed by atoms with Crippen LogP contribution in [0.3, 0.4) is 0 Å². The van der Waals surface area contributed by atoms with Gasteiger partial charge in [-0.1, -0.05) is 0 Å². The van der Waals surface area contributed by atoms with Gasteiger partial charge in [-0.05, 0) is 32.6 Å². The Morgan fingerprint density at radius 3 is 2.72 bits per heavy atom. The number of ether oxygens (including phenoxy) is 1. The van der Waals surface area contributed by atoms with Crippen LogP contribution in [-0.2, 0) is 14.3 Å². The van der Waals surface area contributed by atoms with Crippen molar-refractivity contribution in [3.63, 3.8) is 0 Å². The Kier molecular flexibility index (Phi) is 4.22. The molecule has 0 aromatic heterocycles. The molecule has 2 rings (SSSR count). The molecule has 5 heteroatoms. The molecular weight excluding hydrogens is 234 g/mol. The molecule has 2 aliphatic heterocycles. The highest BCUT2D eigenvalue weighted by molar-refractivity contribution is 5.81. The molecule has 5 nitrogen and oxygen atoms in total. The average Bonchev–Trinajstić information content (AvgIpc) is 2.74. The molecule has 0 aromatic rings. The number of carboxylic acids is 1. The summed E-state index contributed by atoms with van der Waals surface area (Å²) < 4.78 is 5.43. The SMILES string of the molecule is CC1OCCC1C(=O)N1CCCCC1CC(=O)O. The maximum Gasteiger partial charge on any atom is 0.305 e. The number of nitrogens with zero attached hydrogens (tertiary/aromatic N) is 1. The minimum Gasteiger partial charge on any atom is -0.481 e. The van der Waals surface area contributed by atoms with Crippen LogP contribution in [0.1, 0.15) is 39.0 Å². The fourth-order valence-electron chi connectivity index (χ4n) is 2.97. The number of hydrogen-bond donors (Lipinski definition) is 1. The lowest BCUT2D eigenvalue weighted by molar-refractivity contribution is -0.144. The van der Waals surface area contributed by atoms with Crippen molar-refractivity contribution in [1.29, 1.82) is 0 Å². The summed E-state index contributed by atoms with van der Waals surface area (Å²) in [5.74, 6) is -0.819. The number of piperidine rings is 1. The molecule has 102 valence electrons. The molecule has 2 aliphatic rings. The molecule has 2 saturated heterocycles. The molecular formula is C13H21NO4. The second kappa shape index (κ2) is 5.69. The zero-order valence-electron chi connectivity index (χ0n) is 10.8. The molecule has 3 atom stereocenters. The first-order chi connectivity index (χ1) is 8.59. The zero-order valence-corrected chi connectivity index (χ0v) is 10.8. The lowest BCUT2D eigenvalue weighted by Crippen LogP contribution is -2.48. The molecule has 0 radical (unpaired) electrons. The van der Waals surface area contributed by atoms with E-state index in [0.29, 0.717) is 13.2 Å². The zero-order chi connectivity index (χ0) is 13.1. The second-order valence-corrected chi connectivity index (χ2v) is 5.25. The highest BCUT2D eigenvalue weighted by Gasteiger charge is 2.37. The standard InChI is InChI=1S/C13H21NO4/c1-9-11(5-7-18-9)13(17)14-6-3-2-4-10(14)8-12(15)16/h9-11H,2-8H2,1H3,(H,15,16). The molecule has 18 heavy (non-hydrogen) atoms. The van der Waals surface area contributed by atoms with Gasteiger partial charge in [0.1, 0.15) is 0 Å². The van der Waals surface area contributed by atoms with E-state index in [2.05, 4.69) is 0 Å². The van der Waals surface area contributed by atoms with Gasteiger partial charge in [0.05, 0.1) is 18.4 Å². The topological polar surface area (TPSA) is 66.8 Å². The molecule has 0 aromatic carbocycles. The monoisotopic (exact) mass is 255 g/mol. The van der Waals surface area contributed by atoms with Gasteiger partial charge in [0.2, 0.25) is 5.91 Å². The summed E-state index contributed by atoms with van der Waals surface area (Å²) in [4.78, 5) is 25.1. The van der Waals surface area contributed by atoms with Crippen molar-refractivity contribution in [3.8, 4) is 0 Å². The van der Waals surface area contributed by atoms with E-state index in [0.717, 1.165) is 25.7 Å². The lowest BCUT2D eigenvalue weighted by atomic mass is 9.94. The summed E-state index contributed by atoms with van der Waals surface area (Å²) in [5, 5.41) is 8.92. The third kappa shape index (κ3) is 2.83. The van der Waals surface area contributed by atoms with Crippen molar-refractivity contribution in [2.24, 2.45) is 5.92 Å². The highest BCUT2D eigenvalue weighted by Crippen LogP contribution is 2.27. The molecule has 2 heterocycles. The summed E-state index contributed by atoms with van der Waals surface area (Å²) in [7, 11) is 0. The number of amides is 1. The first-order valence-electron chi connectivity index (χ1n) is 6.73. The first kappa shape index (κ1) is 13.3. The largest absolute Gasteiger partial charge is 0.481 e. The normalized spacial score (nSPS) is 32.5. The van der Waals surface area contributed by atoms with E-state index in [1.165, 1.54) is 0 Å². The van der Waals surface area contributed by atoms with Crippen LogP contribution in [0.4, 0.5) is 0 Å². The predicted molar refractivity (Wildman–Crippen MR) is 65.1 cm³/mol. The lowest BCUT2D eigenvalue weighted by Gasteiger charge is -2.37. The minimum absolute atomic E-state index is 0.0371. The average molecular weight is 255 g/mol. The van der Waals surface area contributed by atoms with Crippen molar-refractivity contribution >= 4 is 11.9 Å². The third-order valence-corrected chi connectivity index (χ3v) is 4.01. The quantitative estimate of drug-likeness (QED) is 0.824. The Hall–Kier alpha value is -1.10. The van der Waals surface area contributed by atoms with Crippen LogP contribution in [0.25, 0.3) is 0 Å². The maximum absolute atomic E-state index is 12.5. The van der Waals surface area contributed by atoms with E-state index in [9.17, 15) is 9.59 Å². The van der Waals surface area contributed by atoms with Gasteiger partial charge in [0.15, 0.2) is 0 Å². The molecule has 0 saturated carbocycles. The van der Waals surface area contributed by atoms with Gasteiger partial charge in [-0.3, -0.25) is 9.59 Å². The van der Waals surface area contributed by atoms with Crippen molar-refractivity contribution in [3.05, 3.63) is 0 Å². The molecule has 1 N–H and O–H groups in total. The van der Waals surface area contributed by atoms with Crippen LogP contribution >= 0.6 is 0 Å². The Morgan fingerprint density at radius 2 is 2.11 bits per heavy atom. The fourth-order valence-corrected chi connectivity index (χ4v) is 2.97. The summed E-state index contributed by atoms with van der Waals surface area (Å²) >= 11 is 0. The van der Waals surface area contributed by atoms with Crippen LogP contribution in [0.15, 0.2) is 0 Å². The van der Waals surface area contributed by atoms with Gasteiger partial charge in [0, 0.05) is 19.2 Å². The maximum atomic E-state index is 12.5. The molecule has 0 spiro atoms. The number of carbonyl (C=O) groups is 2. The van der Waals surface area contributed by atoms with E-state index in [4.69, 9.17) is 9.84 Å². The first-order valence-corrected chi connectivity index (χ1v) is 6.73. The van der Waals surface area contributed by atoms with Crippen molar-refractivity contribution in [1.82, 2.24) is 4.90 Å². The van der Waals surface area contributed by atoms with E-state index < -0.39 is 5.97 Å². The predicted octanol–water partition coefficient (Wildman–Crippen LogP) is 1.27. The molecule has 0 bridgehead atoms. The Balaban J connectivity index is 2.03. The summed E-state index contributed by atoms with van der Waals surface area (Å²) in [5.41, 5.74) is 0. The van der Waals surface area contributed by atoms with Gasteiger partial charge in [0.25, 0.3) is 0 Å². The van der Waals surface area contributed by atoms with Crippen molar-refractivity contribution < 1.29 is 19.4 Å². The number of aliphatic carboxylic acids is 1. The summed E-state index contributed by atoms with van der Waals surface area (Å²) in [6, 6.07) is -0.128. The summed E-state index contributed by atoms with van der Waals surface area (Å²) in [6.45, 7) is 3.25. The summed E-state index contributed by atoms with van der Waals surface area (Å²) in [6.07, 6.45) is 3.58. The van der Waals surface area contributed by atoms with Crippen molar-refractivity contribution in [2.45, 2.75) is 51.2 Å². The van der Waals surface area contributed by atoms with E-state index in [-0.39, 0.29) is 30.4 Å². The van der Waals surface area contributed by atoms with Gasteiger partial charge in [-0.2, -0.15) is 0 Å². The number of carbonyl (C=O) groups excluding carboxylic acids is 1. The number of carboxylic acid groups (broad SMARTS) is 1. The van der Waals surface area contributed by atoms with Crippen molar-refractivity contribution in [2.75, 3.05) is 13.2 Å². The minimum atomic E-state index is -0.824. The Bertz CT molecular complexity index is 331. The van der Waals surface area contributed by atoms with Gasteiger partial charge in [-0.25, -0.2) is 0 Å². The van der Waals surface area contributed by atoms with Crippen LogP contribution in [0, 0.1) is 5.92 Å². The van der Waals surface area contributed by atoms with E-state index in [1.807, 2.05) is 6.92 Å². The fraction of sp³-hybridized carbons (Fsp3) is 0.846. The van der Waals surface area contributed by atoms with Crippen LogP contribution in [0.5, 0.6) is 0 Å². The smallest absolute Gasteiger partial charge is 0.305 e. The second-order valence-electron chi connectivity index (χ2n) is 5.25.